The lowest BCUT2D eigenvalue weighted by Gasteiger charge is -2.20. The second-order valence-corrected chi connectivity index (χ2v) is 11.9. The molecule has 0 fully saturated rings. The molecule has 0 aliphatic heterocycles. The zero-order chi connectivity index (χ0) is 35.9. The Kier molecular flexibility index (Phi) is 9.93. The molecule has 6 rings (SSSR count). The summed E-state index contributed by atoms with van der Waals surface area (Å²) >= 11 is 0. The molecule has 3 amide bonds. The highest BCUT2D eigenvalue weighted by molar-refractivity contribution is 6.08. The Morgan fingerprint density at radius 1 is 0.588 bits per heavy atom. The number of anilines is 1. The zero-order valence-corrected chi connectivity index (χ0v) is 27.5. The summed E-state index contributed by atoms with van der Waals surface area (Å²) in [6.45, 7) is 0.560. The minimum atomic E-state index is -0.345. The van der Waals surface area contributed by atoms with Crippen LogP contribution in [0.3, 0.4) is 0 Å². The first-order chi connectivity index (χ1) is 24.6. The molecule has 0 radical (unpaired) electrons. The maximum atomic E-state index is 13.5. The zero-order valence-electron chi connectivity index (χ0n) is 27.5. The van der Waals surface area contributed by atoms with E-state index in [-0.39, 0.29) is 43.0 Å². The number of aliphatic imine (C=N–C) groups is 2. The molecule has 2 aromatic heterocycles. The van der Waals surface area contributed by atoms with E-state index in [4.69, 9.17) is 22.9 Å². The maximum absolute atomic E-state index is 13.5. The smallest absolute Gasteiger partial charge is 0.272 e. The highest BCUT2D eigenvalue weighted by Gasteiger charge is 2.21. The van der Waals surface area contributed by atoms with Crippen molar-refractivity contribution < 1.29 is 14.4 Å². The van der Waals surface area contributed by atoms with Crippen LogP contribution in [-0.2, 0) is 13.1 Å². The number of benzene rings is 4. The Bertz CT molecular complexity index is 2250. The monoisotopic (exact) mass is 683 g/mol. The molecule has 0 unspecified atom stereocenters. The van der Waals surface area contributed by atoms with Crippen LogP contribution in [0.25, 0.3) is 21.8 Å². The molecule has 0 saturated heterocycles. The van der Waals surface area contributed by atoms with Gasteiger partial charge >= 0.3 is 0 Å². The van der Waals surface area contributed by atoms with Gasteiger partial charge < -0.3 is 48.0 Å². The molecule has 0 aliphatic carbocycles. The largest absolute Gasteiger partial charge is 0.370 e. The third-order valence-electron chi connectivity index (χ3n) is 8.08. The van der Waals surface area contributed by atoms with Gasteiger partial charge in [0, 0.05) is 46.1 Å². The Labute approximate surface area is 292 Å². The average molecular weight is 684 g/mol. The number of guanidine groups is 2. The van der Waals surface area contributed by atoms with Crippen LogP contribution in [0.1, 0.15) is 42.5 Å². The fraction of sp³-hybridized carbons (Fsp3) is 0.108. The van der Waals surface area contributed by atoms with Crippen molar-refractivity contribution in [2.24, 2.45) is 32.9 Å². The lowest BCUT2D eigenvalue weighted by Crippen LogP contribution is -2.33. The van der Waals surface area contributed by atoms with Gasteiger partial charge in [0.2, 0.25) is 0 Å². The fourth-order valence-corrected chi connectivity index (χ4v) is 5.57. The molecule has 51 heavy (non-hydrogen) atoms. The maximum Gasteiger partial charge on any atom is 0.272 e. The molecule has 2 heterocycles. The number of nitrogens with two attached hydrogens (primary N) is 4. The van der Waals surface area contributed by atoms with Crippen LogP contribution in [0.4, 0.5) is 5.69 Å². The second-order valence-electron chi connectivity index (χ2n) is 11.9. The molecule has 6 aromatic rings. The Morgan fingerprint density at radius 2 is 1.06 bits per heavy atom. The number of carbonyl (C=O) groups excluding carboxylic acids is 3. The molecule has 0 bridgehead atoms. The van der Waals surface area contributed by atoms with Crippen molar-refractivity contribution in [2.45, 2.75) is 13.1 Å². The number of hydrogen-bond acceptors (Lipinski definition) is 5. The van der Waals surface area contributed by atoms with Crippen LogP contribution < -0.4 is 28.3 Å². The van der Waals surface area contributed by atoms with E-state index in [9.17, 15) is 14.4 Å². The molecule has 14 nitrogen and oxygen atoms in total. The van der Waals surface area contributed by atoms with Gasteiger partial charge in [0.1, 0.15) is 24.7 Å². The summed E-state index contributed by atoms with van der Waals surface area (Å²) in [6, 6.07) is 32.9. The van der Waals surface area contributed by atoms with E-state index >= 15 is 0 Å². The van der Waals surface area contributed by atoms with Gasteiger partial charge in [-0.05, 0) is 59.7 Å². The molecule has 4 aromatic carbocycles. The van der Waals surface area contributed by atoms with Crippen LogP contribution in [0.15, 0.2) is 119 Å². The quantitative estimate of drug-likeness (QED) is 0.0747. The first-order valence-corrected chi connectivity index (χ1v) is 16.0. The van der Waals surface area contributed by atoms with Crippen LogP contribution in [0.5, 0.6) is 0 Å². The van der Waals surface area contributed by atoms with Gasteiger partial charge in [-0.3, -0.25) is 14.4 Å². The number of fused-ring (bicyclic) bond motifs is 2. The number of nitrogens with zero attached hydrogens (tertiary/aromatic N) is 4. The van der Waals surface area contributed by atoms with E-state index in [0.29, 0.717) is 52.1 Å². The normalized spacial score (nSPS) is 10.8. The number of hydrogen-bond donors (Lipinski definition) is 7. The van der Waals surface area contributed by atoms with Gasteiger partial charge in [0.05, 0.1) is 0 Å². The summed E-state index contributed by atoms with van der Waals surface area (Å²) in [5, 5.41) is 4.33. The number of nitrogens with one attached hydrogen (secondary N) is 3. The van der Waals surface area contributed by atoms with Gasteiger partial charge in [0.15, 0.2) is 11.9 Å². The number of H-pyrrole nitrogens is 2. The van der Waals surface area contributed by atoms with Gasteiger partial charge in [-0.1, -0.05) is 60.7 Å². The first kappa shape index (κ1) is 33.8. The topological polar surface area (TPSA) is 230 Å². The number of aromatic nitrogens is 2. The van der Waals surface area contributed by atoms with Crippen molar-refractivity contribution in [1.82, 2.24) is 19.8 Å². The van der Waals surface area contributed by atoms with Crippen molar-refractivity contribution in [3.05, 3.63) is 137 Å². The summed E-state index contributed by atoms with van der Waals surface area (Å²) in [6.07, 6.45) is 0. The van der Waals surface area contributed by atoms with Gasteiger partial charge in [-0.25, -0.2) is 9.98 Å². The molecule has 0 spiro atoms. The molecule has 0 aliphatic rings. The van der Waals surface area contributed by atoms with E-state index in [1.54, 1.807) is 48.5 Å². The second kappa shape index (κ2) is 15.0. The van der Waals surface area contributed by atoms with Crippen LogP contribution in [-0.4, -0.2) is 62.7 Å². The standard InChI is InChI=1S/C37H37N11O3/c38-36(39)42-21-47(19-23-7-3-1-4-8-23)34(50)31-17-26-15-25(11-13-29(26)45-31)33(49)44-28-12-14-30-27(16-28)18-32(46-30)35(51)48(22-43-37(40)41)20-24-9-5-2-6-10-24/h1-18,45-46H,19-22H2,(H,44,49)(H4,38,39,42)(H4,40,41,43). The lowest BCUT2D eigenvalue weighted by molar-refractivity contribution is 0.0736. The predicted octanol–water partition coefficient (Wildman–Crippen LogP) is 3.65. The molecular formula is C37H37N11O3. The van der Waals surface area contributed by atoms with E-state index in [1.165, 1.54) is 9.80 Å². The number of rotatable bonds is 12. The number of carbonyl (C=O) groups is 3. The molecule has 11 N–H and O–H groups in total. The fourth-order valence-electron chi connectivity index (χ4n) is 5.57. The summed E-state index contributed by atoms with van der Waals surface area (Å²) in [7, 11) is 0. The average Bonchev–Trinajstić information content (AvgIpc) is 3.76. The SMILES string of the molecule is NC(N)=NCN(Cc1ccccc1)C(=O)c1cc2cc(NC(=O)c3ccc4[nH]c(C(=O)N(CN=C(N)N)Cc5ccccc5)cc4c3)ccc2[nH]1. The van der Waals surface area contributed by atoms with E-state index in [2.05, 4.69) is 25.3 Å². The summed E-state index contributed by atoms with van der Waals surface area (Å²) in [4.78, 5) is 57.9. The molecule has 14 heteroatoms. The van der Waals surface area contributed by atoms with Crippen molar-refractivity contribution >= 4 is 57.1 Å². The Morgan fingerprint density at radius 3 is 1.55 bits per heavy atom. The summed E-state index contributed by atoms with van der Waals surface area (Å²) in [5.74, 6) is -1.18. The summed E-state index contributed by atoms with van der Waals surface area (Å²) in [5.41, 5.74) is 27.0. The molecule has 0 saturated carbocycles. The van der Waals surface area contributed by atoms with Crippen molar-refractivity contribution in [3.63, 3.8) is 0 Å². The Hall–Kier alpha value is -7.09. The first-order valence-electron chi connectivity index (χ1n) is 16.0. The molecule has 258 valence electrons. The minimum Gasteiger partial charge on any atom is -0.370 e. The van der Waals surface area contributed by atoms with Crippen molar-refractivity contribution in [3.8, 4) is 0 Å². The van der Waals surface area contributed by atoms with E-state index in [0.717, 1.165) is 16.5 Å². The van der Waals surface area contributed by atoms with Crippen molar-refractivity contribution in [1.29, 1.82) is 0 Å². The van der Waals surface area contributed by atoms with Crippen LogP contribution in [0.2, 0.25) is 0 Å². The van der Waals surface area contributed by atoms with Gasteiger partial charge in [-0.15, -0.1) is 0 Å². The van der Waals surface area contributed by atoms with Gasteiger partial charge in [-0.2, -0.15) is 0 Å². The van der Waals surface area contributed by atoms with Crippen LogP contribution >= 0.6 is 0 Å². The molecule has 0 atom stereocenters. The predicted molar refractivity (Wildman–Crippen MR) is 199 cm³/mol. The number of amides is 3. The Balaban J connectivity index is 1.17. The third-order valence-corrected chi connectivity index (χ3v) is 8.08. The van der Waals surface area contributed by atoms with Crippen LogP contribution in [0, 0.1) is 0 Å². The van der Waals surface area contributed by atoms with Gasteiger partial charge in [0.25, 0.3) is 17.7 Å². The lowest BCUT2D eigenvalue weighted by atomic mass is 10.1. The number of aromatic amines is 2. The van der Waals surface area contributed by atoms with E-state index < -0.39 is 0 Å². The highest BCUT2D eigenvalue weighted by atomic mass is 16.2. The van der Waals surface area contributed by atoms with E-state index in [1.807, 2.05) is 60.7 Å². The molecular weight excluding hydrogens is 646 g/mol. The summed E-state index contributed by atoms with van der Waals surface area (Å²) < 4.78 is 0. The highest BCUT2D eigenvalue weighted by Crippen LogP contribution is 2.24. The van der Waals surface area contributed by atoms with Crippen molar-refractivity contribution in [2.75, 3.05) is 18.7 Å². The third kappa shape index (κ3) is 8.32. The minimum absolute atomic E-state index is 0.0161.